The summed E-state index contributed by atoms with van der Waals surface area (Å²) in [6.45, 7) is 7.36. The zero-order valence-corrected chi connectivity index (χ0v) is 26.2. The number of piperazine rings is 1. The smallest absolute Gasteiger partial charge is 0.240 e. The van der Waals surface area contributed by atoms with Crippen LogP contribution in [0.1, 0.15) is 44.2 Å². The van der Waals surface area contributed by atoms with E-state index in [4.69, 9.17) is 40.4 Å². The van der Waals surface area contributed by atoms with E-state index >= 15 is 0 Å². The van der Waals surface area contributed by atoms with Gasteiger partial charge in [0.25, 0.3) is 0 Å². The maximum atomic E-state index is 13.9. The van der Waals surface area contributed by atoms with E-state index in [1.54, 1.807) is 12.1 Å². The van der Waals surface area contributed by atoms with Gasteiger partial charge in [0.05, 0.1) is 6.04 Å². The first-order valence-electron chi connectivity index (χ1n) is 14.9. The highest BCUT2D eigenvalue weighted by atomic mass is 35.5. The second kappa shape index (κ2) is 15.1. The lowest BCUT2D eigenvalue weighted by Crippen LogP contribution is -2.62. The first-order chi connectivity index (χ1) is 20.1. The lowest BCUT2D eigenvalue weighted by molar-refractivity contribution is -0.140. The summed E-state index contributed by atoms with van der Waals surface area (Å²) in [5.41, 5.74) is 19.8. The summed E-state index contributed by atoms with van der Waals surface area (Å²) in [6.07, 6.45) is 3.87. The number of guanidine groups is 1. The molecule has 0 aromatic heterocycles. The molecule has 0 bridgehead atoms. The molecule has 3 aromatic carbocycles. The highest BCUT2D eigenvalue weighted by Crippen LogP contribution is 2.27. The fourth-order valence-corrected chi connectivity index (χ4v) is 6.48. The van der Waals surface area contributed by atoms with Crippen LogP contribution in [0.15, 0.2) is 65.7 Å². The number of halogens is 2. The van der Waals surface area contributed by atoms with E-state index in [1.807, 2.05) is 11.0 Å². The third-order valence-electron chi connectivity index (χ3n) is 8.10. The number of carbonyl (C=O) groups is 1. The molecule has 226 valence electrons. The Morgan fingerprint density at radius 2 is 1.76 bits per heavy atom. The summed E-state index contributed by atoms with van der Waals surface area (Å²) < 4.78 is 0. The molecule has 7 nitrogen and oxygen atoms in total. The third-order valence-corrected chi connectivity index (χ3v) is 8.69. The Balaban J connectivity index is 1.52. The van der Waals surface area contributed by atoms with Gasteiger partial charge in [-0.05, 0) is 72.1 Å². The van der Waals surface area contributed by atoms with Crippen LogP contribution >= 0.6 is 23.2 Å². The molecule has 3 aromatic rings. The van der Waals surface area contributed by atoms with Gasteiger partial charge in [0.15, 0.2) is 5.96 Å². The molecule has 6 N–H and O–H groups in total. The maximum absolute atomic E-state index is 13.9. The summed E-state index contributed by atoms with van der Waals surface area (Å²) in [4.78, 5) is 22.7. The van der Waals surface area contributed by atoms with Gasteiger partial charge < -0.3 is 22.1 Å². The van der Waals surface area contributed by atoms with Crippen LogP contribution in [-0.4, -0.2) is 66.0 Å². The average molecular weight is 612 g/mol. The van der Waals surface area contributed by atoms with E-state index < -0.39 is 6.04 Å². The fourth-order valence-electron chi connectivity index (χ4n) is 6.00. The minimum Gasteiger partial charge on any atom is -0.370 e. The topological polar surface area (TPSA) is 114 Å². The minimum atomic E-state index is -0.701. The van der Waals surface area contributed by atoms with Crippen molar-refractivity contribution in [2.45, 2.75) is 64.1 Å². The van der Waals surface area contributed by atoms with Crippen LogP contribution in [0.25, 0.3) is 10.8 Å². The molecule has 1 saturated heterocycles. The molecule has 1 aliphatic heterocycles. The van der Waals surface area contributed by atoms with Crippen molar-refractivity contribution in [2.24, 2.45) is 28.1 Å². The van der Waals surface area contributed by atoms with E-state index in [1.165, 1.54) is 16.3 Å². The number of hydrogen-bond donors (Lipinski definition) is 3. The SMILES string of the molecule is CC(C)C[C@H]1CN(C(=O)[C@H](N)Cc2ccc(Cl)cc2Cl)[C@@H](CCCN=C(N)N)CN1CCc1ccc2ccccc2c1. The van der Waals surface area contributed by atoms with Crippen LogP contribution in [0.5, 0.6) is 0 Å². The summed E-state index contributed by atoms with van der Waals surface area (Å²) in [5.74, 6) is 0.535. The van der Waals surface area contributed by atoms with Crippen molar-refractivity contribution in [1.29, 1.82) is 0 Å². The summed E-state index contributed by atoms with van der Waals surface area (Å²) in [5, 5.41) is 3.59. The molecule has 3 atom stereocenters. The highest BCUT2D eigenvalue weighted by Gasteiger charge is 2.37. The van der Waals surface area contributed by atoms with Gasteiger partial charge in [0.2, 0.25) is 5.91 Å². The van der Waals surface area contributed by atoms with E-state index in [-0.39, 0.29) is 24.0 Å². The molecule has 0 saturated carbocycles. The lowest BCUT2D eigenvalue weighted by atomic mass is 9.94. The van der Waals surface area contributed by atoms with Crippen LogP contribution in [0.4, 0.5) is 0 Å². The summed E-state index contributed by atoms with van der Waals surface area (Å²) in [6, 6.07) is 20.1. The molecule has 42 heavy (non-hydrogen) atoms. The third kappa shape index (κ3) is 8.83. The Bertz CT molecular complexity index is 1380. The monoisotopic (exact) mass is 610 g/mol. The summed E-state index contributed by atoms with van der Waals surface area (Å²) >= 11 is 12.5. The molecular weight excluding hydrogens is 567 g/mol. The Morgan fingerprint density at radius 3 is 2.48 bits per heavy atom. The van der Waals surface area contributed by atoms with Crippen molar-refractivity contribution < 1.29 is 4.79 Å². The molecule has 1 amide bonds. The molecule has 0 aliphatic carbocycles. The van der Waals surface area contributed by atoms with E-state index in [2.05, 4.69) is 66.2 Å². The molecule has 9 heteroatoms. The zero-order chi connectivity index (χ0) is 30.2. The fraction of sp³-hybridized carbons (Fsp3) is 0.455. The lowest BCUT2D eigenvalue weighted by Gasteiger charge is -2.48. The Hall–Kier alpha value is -2.84. The van der Waals surface area contributed by atoms with Crippen LogP contribution in [-0.2, 0) is 17.6 Å². The Labute approximate surface area is 260 Å². The minimum absolute atomic E-state index is 0.0125. The van der Waals surface area contributed by atoms with Gasteiger partial charge >= 0.3 is 0 Å². The normalized spacial score (nSPS) is 18.4. The number of hydrogen-bond acceptors (Lipinski definition) is 4. The first kappa shape index (κ1) is 32.1. The molecule has 4 rings (SSSR count). The average Bonchev–Trinajstić information content (AvgIpc) is 2.95. The quantitative estimate of drug-likeness (QED) is 0.147. The number of nitrogens with two attached hydrogens (primary N) is 3. The van der Waals surface area contributed by atoms with E-state index in [9.17, 15) is 4.79 Å². The van der Waals surface area contributed by atoms with Gasteiger partial charge in [-0.1, -0.05) is 85.6 Å². The van der Waals surface area contributed by atoms with Crippen LogP contribution < -0.4 is 17.2 Å². The molecular formula is C33H44Cl2N6O. The Morgan fingerprint density at radius 1 is 1.00 bits per heavy atom. The second-order valence-corrected chi connectivity index (χ2v) is 12.7. The van der Waals surface area contributed by atoms with Gasteiger partial charge in [0, 0.05) is 48.3 Å². The van der Waals surface area contributed by atoms with Crippen molar-refractivity contribution >= 4 is 45.8 Å². The number of aliphatic imine (C=N–C) groups is 1. The molecule has 0 radical (unpaired) electrons. The maximum Gasteiger partial charge on any atom is 0.240 e. The summed E-state index contributed by atoms with van der Waals surface area (Å²) in [7, 11) is 0. The number of rotatable bonds is 12. The second-order valence-electron chi connectivity index (χ2n) is 11.8. The van der Waals surface area contributed by atoms with Gasteiger partial charge in [-0.2, -0.15) is 0 Å². The van der Waals surface area contributed by atoms with Crippen LogP contribution in [0.3, 0.4) is 0 Å². The van der Waals surface area contributed by atoms with Crippen molar-refractivity contribution in [3.05, 3.63) is 81.8 Å². The molecule has 1 heterocycles. The van der Waals surface area contributed by atoms with Crippen molar-refractivity contribution in [2.75, 3.05) is 26.2 Å². The van der Waals surface area contributed by atoms with Crippen molar-refractivity contribution in [3.8, 4) is 0 Å². The largest absolute Gasteiger partial charge is 0.370 e. The van der Waals surface area contributed by atoms with Crippen LogP contribution in [0, 0.1) is 5.92 Å². The number of amides is 1. The van der Waals surface area contributed by atoms with Gasteiger partial charge in [0.1, 0.15) is 0 Å². The predicted molar refractivity (Wildman–Crippen MR) is 176 cm³/mol. The van der Waals surface area contributed by atoms with Crippen LogP contribution in [0.2, 0.25) is 10.0 Å². The number of benzene rings is 3. The molecule has 0 unspecified atom stereocenters. The van der Waals surface area contributed by atoms with Crippen molar-refractivity contribution in [1.82, 2.24) is 9.80 Å². The number of fused-ring (bicyclic) bond motifs is 1. The van der Waals surface area contributed by atoms with Gasteiger partial charge in [-0.3, -0.25) is 14.7 Å². The standard InChI is InChI=1S/C33H44Cl2N6O/c1-22(2)16-29-21-41(32(42)31(36)18-26-11-12-27(34)19-30(26)35)28(8-5-14-39-33(37)38)20-40(29)15-13-23-9-10-24-6-3-4-7-25(24)17-23/h3-4,6-7,9-12,17,19,22,28-29,31H,5,8,13-16,18,20-21,36H2,1-2H3,(H4,37,38,39)/t28-,29-,31+/m0/s1. The number of nitrogens with zero attached hydrogens (tertiary/aromatic N) is 3. The zero-order valence-electron chi connectivity index (χ0n) is 24.7. The highest BCUT2D eigenvalue weighted by molar-refractivity contribution is 6.35. The van der Waals surface area contributed by atoms with Crippen molar-refractivity contribution in [3.63, 3.8) is 0 Å². The molecule has 1 fully saturated rings. The van der Waals surface area contributed by atoms with E-state index in [0.717, 1.165) is 44.3 Å². The van der Waals surface area contributed by atoms with E-state index in [0.29, 0.717) is 35.5 Å². The number of carbonyl (C=O) groups excluding carboxylic acids is 1. The predicted octanol–water partition coefficient (Wildman–Crippen LogP) is 5.24. The first-order valence-corrected chi connectivity index (χ1v) is 15.6. The Kier molecular flexibility index (Phi) is 11.5. The van der Waals surface area contributed by atoms with Gasteiger partial charge in [-0.15, -0.1) is 0 Å². The molecule has 0 spiro atoms. The molecule has 1 aliphatic rings. The van der Waals surface area contributed by atoms with Gasteiger partial charge in [-0.25, -0.2) is 0 Å².